The van der Waals surface area contributed by atoms with Gasteiger partial charge in [-0.2, -0.15) is 4.72 Å². The first kappa shape index (κ1) is 26.1. The van der Waals surface area contributed by atoms with Gasteiger partial charge in [-0.3, -0.25) is 4.57 Å². The molecule has 33 heavy (non-hydrogen) atoms. The molecule has 10 nitrogen and oxygen atoms in total. The van der Waals surface area contributed by atoms with Crippen LogP contribution in [0.4, 0.5) is 5.95 Å². The molecule has 2 aromatic heterocycles. The number of aromatic nitrogens is 5. The van der Waals surface area contributed by atoms with Crippen molar-refractivity contribution in [1.82, 2.24) is 24.7 Å². The molecule has 0 aromatic carbocycles. The molecule has 1 fully saturated rings. The summed E-state index contributed by atoms with van der Waals surface area (Å²) in [5.74, 6) is 1.61. The van der Waals surface area contributed by atoms with Crippen LogP contribution >= 0.6 is 11.6 Å². The van der Waals surface area contributed by atoms with E-state index in [-0.39, 0.29) is 5.54 Å². The Morgan fingerprint density at radius 1 is 1.30 bits per heavy atom. The molecule has 12 heteroatoms. The van der Waals surface area contributed by atoms with Crippen molar-refractivity contribution in [2.45, 2.75) is 75.4 Å². The third-order valence-electron chi connectivity index (χ3n) is 5.74. The average molecular weight is 501 g/mol. The molecule has 0 amide bonds. The first-order chi connectivity index (χ1) is 15.6. The zero-order chi connectivity index (χ0) is 24.2. The van der Waals surface area contributed by atoms with Crippen molar-refractivity contribution >= 4 is 28.9 Å². The van der Waals surface area contributed by atoms with Crippen molar-refractivity contribution in [2.24, 2.45) is 0 Å². The van der Waals surface area contributed by atoms with Crippen molar-refractivity contribution in [3.8, 4) is 0 Å². The second kappa shape index (κ2) is 10.8. The highest BCUT2D eigenvalue weighted by Crippen LogP contribution is 2.46. The van der Waals surface area contributed by atoms with Crippen LogP contribution in [0.5, 0.6) is 0 Å². The Morgan fingerprint density at radius 3 is 2.52 bits per heavy atom. The number of aryl methyl sites for hydroxylation is 1. The second-order valence-corrected chi connectivity index (χ2v) is 11.1. The van der Waals surface area contributed by atoms with Gasteiger partial charge >= 0.3 is 0 Å². The normalized spacial score (nSPS) is 18.1. The number of methoxy groups -OCH3 is 2. The number of anilines is 1. The van der Waals surface area contributed by atoms with Crippen molar-refractivity contribution in [3.63, 3.8) is 0 Å². The molecule has 2 heterocycles. The number of rotatable bonds is 13. The van der Waals surface area contributed by atoms with Crippen molar-refractivity contribution in [3.05, 3.63) is 29.1 Å². The molecular weight excluding hydrogens is 468 g/mol. The fourth-order valence-electron chi connectivity index (χ4n) is 3.84. The summed E-state index contributed by atoms with van der Waals surface area (Å²) < 4.78 is 29.3. The number of aliphatic hydroxyl groups is 1. The SMILES string of the molecule is COCC1(n2c(CCCC(C)(C)O)nnc2N[S+]([O-])C(C)C(OC)c2ncc(Cl)cn2)CC1. The lowest BCUT2D eigenvalue weighted by Crippen LogP contribution is -2.35. The minimum atomic E-state index is -1.57. The van der Waals surface area contributed by atoms with Gasteiger partial charge in [-0.25, -0.2) is 9.97 Å². The highest BCUT2D eigenvalue weighted by Gasteiger charge is 2.48. The largest absolute Gasteiger partial charge is 0.593 e. The van der Waals surface area contributed by atoms with Crippen LogP contribution in [0, 0.1) is 0 Å². The first-order valence-electron chi connectivity index (χ1n) is 10.9. The van der Waals surface area contributed by atoms with E-state index < -0.39 is 28.3 Å². The van der Waals surface area contributed by atoms with Gasteiger partial charge in [-0.05, 0) is 46.5 Å². The Balaban J connectivity index is 1.79. The predicted molar refractivity (Wildman–Crippen MR) is 126 cm³/mol. The van der Waals surface area contributed by atoms with E-state index in [1.165, 1.54) is 19.5 Å². The summed E-state index contributed by atoms with van der Waals surface area (Å²) in [5, 5.41) is 18.7. The van der Waals surface area contributed by atoms with Crippen LogP contribution in [0.1, 0.15) is 64.2 Å². The number of halogens is 1. The lowest BCUT2D eigenvalue weighted by Gasteiger charge is -2.25. The molecule has 3 rings (SSSR count). The van der Waals surface area contributed by atoms with Crippen molar-refractivity contribution < 1.29 is 19.1 Å². The monoisotopic (exact) mass is 500 g/mol. The molecule has 1 aliphatic rings. The maximum atomic E-state index is 13.3. The fourth-order valence-corrected chi connectivity index (χ4v) is 4.89. The molecule has 0 spiro atoms. The Kier molecular flexibility index (Phi) is 8.57. The number of hydrogen-bond acceptors (Lipinski definition) is 9. The van der Waals surface area contributed by atoms with Crippen LogP contribution in [0.3, 0.4) is 0 Å². The van der Waals surface area contributed by atoms with Gasteiger partial charge in [-0.1, -0.05) is 11.6 Å². The number of hydrogen-bond donors (Lipinski definition) is 2. The highest BCUT2D eigenvalue weighted by atomic mass is 35.5. The zero-order valence-electron chi connectivity index (χ0n) is 19.7. The average Bonchev–Trinajstić information content (AvgIpc) is 3.41. The minimum Gasteiger partial charge on any atom is -0.593 e. The van der Waals surface area contributed by atoms with Gasteiger partial charge < -0.3 is 19.1 Å². The van der Waals surface area contributed by atoms with Gasteiger partial charge in [-0.15, -0.1) is 10.2 Å². The second-order valence-electron chi connectivity index (χ2n) is 9.12. The van der Waals surface area contributed by atoms with E-state index in [1.807, 2.05) is 4.57 Å². The fraction of sp³-hybridized carbons (Fsp3) is 0.714. The summed E-state index contributed by atoms with van der Waals surface area (Å²) in [6, 6.07) is 0. The topological polar surface area (TPSA) is 130 Å². The molecule has 1 aliphatic carbocycles. The number of nitrogens with one attached hydrogen (secondary N) is 1. The van der Waals surface area contributed by atoms with Crippen LogP contribution in [0.15, 0.2) is 12.4 Å². The molecule has 0 saturated heterocycles. The Morgan fingerprint density at radius 2 is 1.97 bits per heavy atom. The standard InChI is InChI=1S/C21H33ClN6O4S/c1-14(17(32-5)18-23-11-15(22)12-24-18)33(30)27-19-26-25-16(7-6-8-20(2,3)29)28(19)21(9-10-21)13-31-4/h11-12,14,17,29H,6-10,13H2,1-5H3,(H,26,27). The molecule has 0 radical (unpaired) electrons. The van der Waals surface area contributed by atoms with E-state index in [1.54, 1.807) is 27.9 Å². The molecule has 184 valence electrons. The zero-order valence-corrected chi connectivity index (χ0v) is 21.3. The molecule has 3 unspecified atom stereocenters. The molecule has 0 bridgehead atoms. The van der Waals surface area contributed by atoms with E-state index in [0.717, 1.165) is 25.1 Å². The quantitative estimate of drug-likeness (QED) is 0.398. The van der Waals surface area contributed by atoms with Gasteiger partial charge in [0.2, 0.25) is 0 Å². The summed E-state index contributed by atoms with van der Waals surface area (Å²) in [6.07, 6.45) is 6.25. The molecule has 2 aromatic rings. The third kappa shape index (κ3) is 6.55. The van der Waals surface area contributed by atoms with Gasteiger partial charge in [0, 0.05) is 33.0 Å². The molecule has 2 N–H and O–H groups in total. The maximum Gasteiger partial charge on any atom is 0.266 e. The number of nitrogens with zero attached hydrogens (tertiary/aromatic N) is 5. The van der Waals surface area contributed by atoms with Crippen molar-refractivity contribution in [2.75, 3.05) is 25.5 Å². The summed E-state index contributed by atoms with van der Waals surface area (Å²) in [4.78, 5) is 8.42. The lowest BCUT2D eigenvalue weighted by molar-refractivity contribution is 0.0686. The van der Waals surface area contributed by atoms with Gasteiger partial charge in [0.05, 0.1) is 34.1 Å². The lowest BCUT2D eigenvalue weighted by atomic mass is 10.0. The Labute approximate surface area is 202 Å². The Hall–Kier alpha value is -1.50. The maximum absolute atomic E-state index is 13.3. The van der Waals surface area contributed by atoms with Gasteiger partial charge in [0.15, 0.2) is 17.2 Å². The highest BCUT2D eigenvalue weighted by molar-refractivity contribution is 7.93. The van der Waals surface area contributed by atoms with E-state index >= 15 is 0 Å². The summed E-state index contributed by atoms with van der Waals surface area (Å²) in [5.41, 5.74) is -0.996. The summed E-state index contributed by atoms with van der Waals surface area (Å²) in [6.45, 7) is 5.89. The van der Waals surface area contributed by atoms with Crippen LogP contribution in [-0.4, -0.2) is 66.1 Å². The number of ether oxygens (including phenoxy) is 2. The van der Waals surface area contributed by atoms with E-state index in [0.29, 0.717) is 36.2 Å². The molecule has 3 atom stereocenters. The van der Waals surface area contributed by atoms with E-state index in [2.05, 4.69) is 24.9 Å². The smallest absolute Gasteiger partial charge is 0.266 e. The van der Waals surface area contributed by atoms with E-state index in [4.69, 9.17) is 21.1 Å². The first-order valence-corrected chi connectivity index (χ1v) is 12.5. The van der Waals surface area contributed by atoms with Crippen LogP contribution in [0.2, 0.25) is 5.02 Å². The third-order valence-corrected chi connectivity index (χ3v) is 7.24. The summed E-state index contributed by atoms with van der Waals surface area (Å²) in [7, 11) is 3.19. The van der Waals surface area contributed by atoms with Gasteiger partial charge in [0.1, 0.15) is 5.82 Å². The minimum absolute atomic E-state index is 0.252. The van der Waals surface area contributed by atoms with Crippen molar-refractivity contribution in [1.29, 1.82) is 0 Å². The molecule has 1 saturated carbocycles. The van der Waals surface area contributed by atoms with E-state index in [9.17, 15) is 9.66 Å². The molecule has 0 aliphatic heterocycles. The van der Waals surface area contributed by atoms with Gasteiger partial charge in [0.25, 0.3) is 5.95 Å². The van der Waals surface area contributed by atoms with Crippen LogP contribution in [0.25, 0.3) is 0 Å². The Bertz CT molecular complexity index is 903. The summed E-state index contributed by atoms with van der Waals surface area (Å²) >= 11 is 4.31. The predicted octanol–water partition coefficient (Wildman–Crippen LogP) is 2.80. The van der Waals surface area contributed by atoms with Crippen LogP contribution in [-0.2, 0) is 32.8 Å². The molecular formula is C21H33ClN6O4S. The van der Waals surface area contributed by atoms with Crippen LogP contribution < -0.4 is 4.72 Å².